The predicted octanol–water partition coefficient (Wildman–Crippen LogP) is 1.78. The van der Waals surface area contributed by atoms with E-state index in [2.05, 4.69) is 10.3 Å². The van der Waals surface area contributed by atoms with Crippen molar-refractivity contribution in [2.75, 3.05) is 18.9 Å². The molecule has 20 heavy (non-hydrogen) atoms. The van der Waals surface area contributed by atoms with Gasteiger partial charge in [-0.05, 0) is 31.2 Å². The van der Waals surface area contributed by atoms with Crippen molar-refractivity contribution >= 4 is 11.6 Å². The Bertz CT molecular complexity index is 599. The number of anilines is 1. The van der Waals surface area contributed by atoms with E-state index in [4.69, 9.17) is 10.5 Å². The quantitative estimate of drug-likeness (QED) is 0.642. The molecule has 0 fully saturated rings. The Kier molecular flexibility index (Phi) is 4.55. The zero-order valence-electron chi connectivity index (χ0n) is 11.3. The fourth-order valence-corrected chi connectivity index (χ4v) is 1.70. The Hall–Kier alpha value is -2.56. The number of hydrogen-bond acceptors (Lipinski definition) is 4. The summed E-state index contributed by atoms with van der Waals surface area (Å²) < 4.78 is 5.48. The minimum Gasteiger partial charge on any atom is -0.492 e. The van der Waals surface area contributed by atoms with Gasteiger partial charge in [-0.2, -0.15) is 0 Å². The third-order valence-electron chi connectivity index (χ3n) is 2.64. The van der Waals surface area contributed by atoms with Gasteiger partial charge in [-0.3, -0.25) is 4.79 Å². The third-order valence-corrected chi connectivity index (χ3v) is 2.64. The number of rotatable bonds is 5. The first kappa shape index (κ1) is 13.9. The van der Waals surface area contributed by atoms with Crippen LogP contribution in [0.2, 0.25) is 0 Å². The molecule has 1 amide bonds. The number of nitrogen functional groups attached to an aromatic ring is 1. The standard InChI is InChI=1S/C15H17N3O2/c1-11-4-2-7-14(18-11)15(19)17-8-9-20-13-6-3-5-12(16)10-13/h2-7,10H,8-9,16H2,1H3,(H,17,19). The monoisotopic (exact) mass is 271 g/mol. The van der Waals surface area contributed by atoms with E-state index >= 15 is 0 Å². The van der Waals surface area contributed by atoms with Crippen molar-refractivity contribution in [1.82, 2.24) is 10.3 Å². The molecule has 2 rings (SSSR count). The van der Waals surface area contributed by atoms with Crippen molar-refractivity contribution in [1.29, 1.82) is 0 Å². The van der Waals surface area contributed by atoms with Crippen molar-refractivity contribution in [2.45, 2.75) is 6.92 Å². The largest absolute Gasteiger partial charge is 0.492 e. The average molecular weight is 271 g/mol. The van der Waals surface area contributed by atoms with Gasteiger partial charge < -0.3 is 15.8 Å². The summed E-state index contributed by atoms with van der Waals surface area (Å²) >= 11 is 0. The summed E-state index contributed by atoms with van der Waals surface area (Å²) in [7, 11) is 0. The van der Waals surface area contributed by atoms with Crippen LogP contribution in [-0.4, -0.2) is 24.0 Å². The van der Waals surface area contributed by atoms with Crippen LogP contribution in [0.4, 0.5) is 5.69 Å². The van der Waals surface area contributed by atoms with Crippen molar-refractivity contribution in [3.63, 3.8) is 0 Å². The smallest absolute Gasteiger partial charge is 0.270 e. The predicted molar refractivity (Wildman–Crippen MR) is 77.7 cm³/mol. The molecule has 0 spiro atoms. The van der Waals surface area contributed by atoms with Crippen LogP contribution in [0.1, 0.15) is 16.2 Å². The number of carbonyl (C=O) groups is 1. The lowest BCUT2D eigenvalue weighted by Gasteiger charge is -2.08. The lowest BCUT2D eigenvalue weighted by molar-refractivity contribution is 0.0942. The highest BCUT2D eigenvalue weighted by atomic mass is 16.5. The summed E-state index contributed by atoms with van der Waals surface area (Å²) in [6.45, 7) is 2.63. The minimum absolute atomic E-state index is 0.204. The summed E-state index contributed by atoms with van der Waals surface area (Å²) in [5, 5.41) is 2.75. The maximum atomic E-state index is 11.8. The zero-order chi connectivity index (χ0) is 14.4. The summed E-state index contributed by atoms with van der Waals surface area (Å²) in [6.07, 6.45) is 0. The Balaban J connectivity index is 1.77. The molecule has 2 aromatic rings. The van der Waals surface area contributed by atoms with E-state index in [0.29, 0.717) is 30.3 Å². The highest BCUT2D eigenvalue weighted by molar-refractivity contribution is 5.92. The summed E-state index contributed by atoms with van der Waals surface area (Å²) in [5.74, 6) is 0.484. The van der Waals surface area contributed by atoms with E-state index < -0.39 is 0 Å². The Morgan fingerprint density at radius 3 is 2.85 bits per heavy atom. The Morgan fingerprint density at radius 1 is 1.30 bits per heavy atom. The van der Waals surface area contributed by atoms with E-state index in [0.717, 1.165) is 5.69 Å². The molecule has 0 radical (unpaired) electrons. The van der Waals surface area contributed by atoms with E-state index in [1.165, 1.54) is 0 Å². The number of nitrogens with two attached hydrogens (primary N) is 1. The lowest BCUT2D eigenvalue weighted by atomic mass is 10.3. The number of aromatic nitrogens is 1. The Morgan fingerprint density at radius 2 is 2.10 bits per heavy atom. The number of nitrogens with zero attached hydrogens (tertiary/aromatic N) is 1. The van der Waals surface area contributed by atoms with Crippen LogP contribution >= 0.6 is 0 Å². The van der Waals surface area contributed by atoms with Gasteiger partial charge in [-0.15, -0.1) is 0 Å². The van der Waals surface area contributed by atoms with E-state index in [1.54, 1.807) is 24.3 Å². The lowest BCUT2D eigenvalue weighted by Crippen LogP contribution is -2.28. The number of benzene rings is 1. The van der Waals surface area contributed by atoms with Crippen molar-refractivity contribution < 1.29 is 9.53 Å². The molecular weight excluding hydrogens is 254 g/mol. The van der Waals surface area contributed by atoms with E-state index in [9.17, 15) is 4.79 Å². The van der Waals surface area contributed by atoms with Gasteiger partial charge in [0.05, 0.1) is 6.54 Å². The van der Waals surface area contributed by atoms with Crippen LogP contribution < -0.4 is 15.8 Å². The first-order valence-corrected chi connectivity index (χ1v) is 6.35. The SMILES string of the molecule is Cc1cccc(C(=O)NCCOc2cccc(N)c2)n1. The van der Waals surface area contributed by atoms with Crippen LogP contribution in [-0.2, 0) is 0 Å². The number of pyridine rings is 1. The van der Waals surface area contributed by atoms with Gasteiger partial charge in [0, 0.05) is 17.4 Å². The molecule has 1 heterocycles. The second-order valence-corrected chi connectivity index (χ2v) is 4.34. The highest BCUT2D eigenvalue weighted by Crippen LogP contribution is 2.13. The zero-order valence-corrected chi connectivity index (χ0v) is 11.3. The molecule has 0 saturated heterocycles. The molecule has 0 saturated carbocycles. The van der Waals surface area contributed by atoms with Crippen molar-refractivity contribution in [3.8, 4) is 5.75 Å². The van der Waals surface area contributed by atoms with E-state index in [-0.39, 0.29) is 5.91 Å². The summed E-state index contributed by atoms with van der Waals surface area (Å²) in [4.78, 5) is 16.0. The number of hydrogen-bond donors (Lipinski definition) is 2. The topological polar surface area (TPSA) is 77.2 Å². The molecular formula is C15H17N3O2. The molecule has 5 heteroatoms. The number of aryl methyl sites for hydroxylation is 1. The highest BCUT2D eigenvalue weighted by Gasteiger charge is 2.06. The first-order valence-electron chi connectivity index (χ1n) is 6.35. The average Bonchev–Trinajstić information content (AvgIpc) is 2.43. The van der Waals surface area contributed by atoms with Crippen molar-refractivity contribution in [2.24, 2.45) is 0 Å². The molecule has 0 aliphatic heterocycles. The van der Waals surface area contributed by atoms with Gasteiger partial charge in [0.15, 0.2) is 0 Å². The van der Waals surface area contributed by atoms with Gasteiger partial charge in [-0.1, -0.05) is 12.1 Å². The molecule has 0 unspecified atom stereocenters. The van der Waals surface area contributed by atoms with E-state index in [1.807, 2.05) is 25.1 Å². The van der Waals surface area contributed by atoms with Crippen molar-refractivity contribution in [3.05, 3.63) is 53.9 Å². The molecule has 1 aromatic heterocycles. The number of nitrogens with one attached hydrogen (secondary N) is 1. The van der Waals surface area contributed by atoms with Gasteiger partial charge in [0.2, 0.25) is 0 Å². The Labute approximate surface area is 117 Å². The van der Waals surface area contributed by atoms with Gasteiger partial charge >= 0.3 is 0 Å². The minimum atomic E-state index is -0.204. The summed E-state index contributed by atoms with van der Waals surface area (Å²) in [6, 6.07) is 12.5. The van der Waals surface area contributed by atoms with Gasteiger partial charge in [0.25, 0.3) is 5.91 Å². The second-order valence-electron chi connectivity index (χ2n) is 4.34. The van der Waals surface area contributed by atoms with Crippen LogP contribution in [0.5, 0.6) is 5.75 Å². The third kappa shape index (κ3) is 3.98. The molecule has 5 nitrogen and oxygen atoms in total. The molecule has 104 valence electrons. The normalized spacial score (nSPS) is 10.1. The molecule has 0 bridgehead atoms. The number of amides is 1. The molecule has 0 aliphatic carbocycles. The van der Waals surface area contributed by atoms with Crippen LogP contribution in [0, 0.1) is 6.92 Å². The van der Waals surface area contributed by atoms with Gasteiger partial charge in [0.1, 0.15) is 18.1 Å². The molecule has 1 aromatic carbocycles. The first-order chi connectivity index (χ1) is 9.65. The number of carbonyl (C=O) groups excluding carboxylic acids is 1. The summed E-state index contributed by atoms with van der Waals surface area (Å²) in [5.41, 5.74) is 7.52. The fourth-order valence-electron chi connectivity index (χ4n) is 1.70. The molecule has 0 atom stereocenters. The van der Waals surface area contributed by atoms with Gasteiger partial charge in [-0.25, -0.2) is 4.98 Å². The second kappa shape index (κ2) is 6.56. The maximum absolute atomic E-state index is 11.8. The van der Waals surface area contributed by atoms with Crippen LogP contribution in [0.25, 0.3) is 0 Å². The van der Waals surface area contributed by atoms with Crippen LogP contribution in [0.3, 0.4) is 0 Å². The maximum Gasteiger partial charge on any atom is 0.270 e. The molecule has 0 aliphatic rings. The fraction of sp³-hybridized carbons (Fsp3) is 0.200. The molecule has 3 N–H and O–H groups in total. The van der Waals surface area contributed by atoms with Crippen LogP contribution in [0.15, 0.2) is 42.5 Å². The number of ether oxygens (including phenoxy) is 1.